The van der Waals surface area contributed by atoms with E-state index in [1.54, 1.807) is 5.57 Å². The highest BCUT2D eigenvalue weighted by atomic mass is 16.2. The maximum absolute atomic E-state index is 12.7. The average Bonchev–Trinajstić information content (AvgIpc) is 2.56. The Balaban J connectivity index is 1.45. The Morgan fingerprint density at radius 3 is 2.73 bits per heavy atom. The molecular weight excluding hydrogens is 272 g/mol. The van der Waals surface area contributed by atoms with Gasteiger partial charge in [-0.2, -0.15) is 0 Å². The van der Waals surface area contributed by atoms with E-state index in [4.69, 9.17) is 0 Å². The summed E-state index contributed by atoms with van der Waals surface area (Å²) in [4.78, 5) is 17.1. The number of hydrogen-bond acceptors (Lipinski definition) is 2. The van der Waals surface area contributed by atoms with Gasteiger partial charge in [0.2, 0.25) is 5.91 Å². The number of carbonyl (C=O) groups excluding carboxylic acids is 1. The zero-order valence-electron chi connectivity index (χ0n) is 14.0. The molecule has 0 aromatic carbocycles. The van der Waals surface area contributed by atoms with Crippen molar-refractivity contribution in [2.45, 2.75) is 44.9 Å². The van der Waals surface area contributed by atoms with Crippen molar-refractivity contribution in [2.24, 2.45) is 11.8 Å². The van der Waals surface area contributed by atoms with Crippen LogP contribution in [-0.4, -0.2) is 48.9 Å². The molecule has 3 rings (SSSR count). The van der Waals surface area contributed by atoms with Crippen molar-refractivity contribution in [3.05, 3.63) is 23.8 Å². The Labute approximate surface area is 135 Å². The first-order chi connectivity index (χ1) is 10.7. The van der Waals surface area contributed by atoms with Crippen molar-refractivity contribution in [3.8, 4) is 0 Å². The van der Waals surface area contributed by atoms with E-state index >= 15 is 0 Å². The summed E-state index contributed by atoms with van der Waals surface area (Å²) in [7, 11) is 2.14. The lowest BCUT2D eigenvalue weighted by Gasteiger charge is -2.37. The average molecular weight is 302 g/mol. The first-order valence-corrected chi connectivity index (χ1v) is 9.04. The predicted octanol–water partition coefficient (Wildman–Crippen LogP) is 3.23. The molecule has 2 saturated heterocycles. The van der Waals surface area contributed by atoms with Crippen LogP contribution in [0.5, 0.6) is 0 Å². The molecule has 0 spiro atoms. The Kier molecular flexibility index (Phi) is 5.35. The minimum Gasteiger partial charge on any atom is -0.342 e. The minimum atomic E-state index is 0.251. The molecule has 0 aromatic heterocycles. The van der Waals surface area contributed by atoms with Crippen molar-refractivity contribution >= 4 is 5.91 Å². The van der Waals surface area contributed by atoms with Crippen LogP contribution in [0.4, 0.5) is 0 Å². The van der Waals surface area contributed by atoms with Crippen molar-refractivity contribution in [2.75, 3.05) is 33.2 Å². The number of piperidine rings is 2. The molecular formula is C19H30N2O. The topological polar surface area (TPSA) is 23.6 Å². The molecule has 2 fully saturated rings. The number of amides is 1. The highest BCUT2D eigenvalue weighted by Crippen LogP contribution is 2.29. The highest BCUT2D eigenvalue weighted by molar-refractivity contribution is 5.79. The van der Waals surface area contributed by atoms with Crippen molar-refractivity contribution in [1.82, 2.24) is 9.80 Å². The van der Waals surface area contributed by atoms with Gasteiger partial charge in [0, 0.05) is 19.6 Å². The fraction of sp³-hybridized carbons (Fsp3) is 0.737. The molecule has 0 aromatic rings. The minimum absolute atomic E-state index is 0.251. The number of nitrogens with zero attached hydrogens (tertiary/aromatic N) is 2. The van der Waals surface area contributed by atoms with Crippen LogP contribution in [0.3, 0.4) is 0 Å². The van der Waals surface area contributed by atoms with Crippen LogP contribution in [0.15, 0.2) is 23.8 Å². The van der Waals surface area contributed by atoms with Crippen LogP contribution in [0.25, 0.3) is 0 Å². The normalized spacial score (nSPS) is 27.8. The molecule has 3 aliphatic rings. The van der Waals surface area contributed by atoms with E-state index in [2.05, 4.69) is 35.1 Å². The van der Waals surface area contributed by atoms with E-state index in [9.17, 15) is 4.79 Å². The summed E-state index contributed by atoms with van der Waals surface area (Å²) in [5.74, 6) is 1.46. The predicted molar refractivity (Wildman–Crippen MR) is 90.6 cm³/mol. The van der Waals surface area contributed by atoms with Crippen LogP contribution in [-0.2, 0) is 4.79 Å². The second-order valence-corrected chi connectivity index (χ2v) is 7.37. The zero-order valence-corrected chi connectivity index (χ0v) is 14.0. The second-order valence-electron chi connectivity index (χ2n) is 7.37. The number of allylic oxidation sites excluding steroid dienone is 4. The summed E-state index contributed by atoms with van der Waals surface area (Å²) < 4.78 is 0. The lowest BCUT2D eigenvalue weighted by atomic mass is 9.86. The summed E-state index contributed by atoms with van der Waals surface area (Å²) in [6, 6.07) is 0. The van der Waals surface area contributed by atoms with Crippen molar-refractivity contribution < 1.29 is 4.79 Å². The van der Waals surface area contributed by atoms with E-state index in [1.807, 2.05) is 0 Å². The molecule has 0 saturated carbocycles. The van der Waals surface area contributed by atoms with Crippen molar-refractivity contribution in [1.29, 1.82) is 0 Å². The Morgan fingerprint density at radius 1 is 1.23 bits per heavy atom. The van der Waals surface area contributed by atoms with Gasteiger partial charge in [-0.15, -0.1) is 0 Å². The number of hydrogen-bond donors (Lipinski definition) is 0. The molecule has 1 atom stereocenters. The smallest absolute Gasteiger partial charge is 0.226 e. The van der Waals surface area contributed by atoms with E-state index in [0.29, 0.717) is 5.91 Å². The molecule has 1 unspecified atom stereocenters. The molecule has 0 radical (unpaired) electrons. The lowest BCUT2D eigenvalue weighted by molar-refractivity contribution is -0.138. The van der Waals surface area contributed by atoms with E-state index in [0.717, 1.165) is 38.5 Å². The van der Waals surface area contributed by atoms with Gasteiger partial charge >= 0.3 is 0 Å². The summed E-state index contributed by atoms with van der Waals surface area (Å²) in [6.45, 7) is 4.06. The number of carbonyl (C=O) groups is 1. The summed E-state index contributed by atoms with van der Waals surface area (Å²) in [5.41, 5.74) is 1.61. The van der Waals surface area contributed by atoms with Crippen LogP contribution >= 0.6 is 0 Å². The number of rotatable bonds is 3. The largest absolute Gasteiger partial charge is 0.342 e. The van der Waals surface area contributed by atoms with E-state index in [1.165, 1.54) is 38.5 Å². The zero-order chi connectivity index (χ0) is 15.4. The third kappa shape index (κ3) is 4.01. The van der Waals surface area contributed by atoms with Crippen molar-refractivity contribution in [3.63, 3.8) is 0 Å². The fourth-order valence-electron chi connectivity index (χ4n) is 4.18. The van der Waals surface area contributed by atoms with Gasteiger partial charge in [-0.05, 0) is 64.5 Å². The number of likely N-dealkylation sites (tertiary alicyclic amines) is 2. The molecule has 0 N–H and O–H groups in total. The van der Waals surface area contributed by atoms with Gasteiger partial charge in [0.25, 0.3) is 0 Å². The highest BCUT2D eigenvalue weighted by Gasteiger charge is 2.30. The van der Waals surface area contributed by atoms with Gasteiger partial charge in [0.05, 0.1) is 5.92 Å². The Bertz CT molecular complexity index is 446. The van der Waals surface area contributed by atoms with Gasteiger partial charge in [-0.3, -0.25) is 4.79 Å². The molecule has 122 valence electrons. The fourth-order valence-corrected chi connectivity index (χ4v) is 4.18. The molecule has 3 nitrogen and oxygen atoms in total. The maximum atomic E-state index is 12.7. The monoisotopic (exact) mass is 302 g/mol. The van der Waals surface area contributed by atoms with Crippen LogP contribution in [0.1, 0.15) is 44.9 Å². The van der Waals surface area contributed by atoms with Gasteiger partial charge in [0.1, 0.15) is 0 Å². The maximum Gasteiger partial charge on any atom is 0.226 e. The third-order valence-electron chi connectivity index (χ3n) is 5.55. The SMILES string of the molecule is CN1CCCC(C(=O)N2CCC(CC3=CC=CCC3)CC2)C1. The van der Waals surface area contributed by atoms with Crippen LogP contribution < -0.4 is 0 Å². The molecule has 3 heteroatoms. The molecule has 1 aliphatic carbocycles. The summed E-state index contributed by atoms with van der Waals surface area (Å²) in [5, 5.41) is 0. The lowest BCUT2D eigenvalue weighted by Crippen LogP contribution is -2.46. The first kappa shape index (κ1) is 15.8. The Morgan fingerprint density at radius 2 is 2.05 bits per heavy atom. The molecule has 22 heavy (non-hydrogen) atoms. The summed E-state index contributed by atoms with van der Waals surface area (Å²) in [6.07, 6.45) is 15.1. The van der Waals surface area contributed by atoms with Gasteiger partial charge < -0.3 is 9.80 Å². The molecule has 0 bridgehead atoms. The van der Waals surface area contributed by atoms with Gasteiger partial charge in [0.15, 0.2) is 0 Å². The third-order valence-corrected chi connectivity index (χ3v) is 5.55. The van der Waals surface area contributed by atoms with Crippen LogP contribution in [0.2, 0.25) is 0 Å². The molecule has 1 amide bonds. The van der Waals surface area contributed by atoms with Gasteiger partial charge in [-0.25, -0.2) is 0 Å². The standard InChI is InChI=1S/C19H30N2O/c1-20-11-5-8-18(15-20)19(22)21-12-9-17(10-13-21)14-16-6-3-2-4-7-16/h2-3,6,17-18H,4-5,7-15H2,1H3. The van der Waals surface area contributed by atoms with E-state index in [-0.39, 0.29) is 5.92 Å². The van der Waals surface area contributed by atoms with Crippen LogP contribution in [0, 0.1) is 11.8 Å². The quantitative estimate of drug-likeness (QED) is 0.799. The first-order valence-electron chi connectivity index (χ1n) is 9.04. The van der Waals surface area contributed by atoms with Gasteiger partial charge in [-0.1, -0.05) is 23.8 Å². The van der Waals surface area contributed by atoms with E-state index < -0.39 is 0 Å². The summed E-state index contributed by atoms with van der Waals surface area (Å²) >= 11 is 0. The Hall–Kier alpha value is -1.09. The molecule has 2 heterocycles. The second kappa shape index (κ2) is 7.45. The molecule has 2 aliphatic heterocycles.